The average molecular weight is 459 g/mol. The Kier molecular flexibility index (Phi) is 6.35. The highest BCUT2D eigenvalue weighted by Gasteiger charge is 2.57. The van der Waals surface area contributed by atoms with Crippen molar-refractivity contribution >= 4 is 17.5 Å². The SMILES string of the molecule is COc1c([C@@H]2[C@H](C)C(C(F)(F)F)O[C@H]2C(=O)Nc2ccnc(C(N)=O)c2)ccc(F)c1F. The van der Waals surface area contributed by atoms with Gasteiger partial charge in [0.05, 0.1) is 7.11 Å². The average Bonchev–Trinajstić information content (AvgIpc) is 3.07. The van der Waals surface area contributed by atoms with Crippen molar-refractivity contribution in [1.82, 2.24) is 4.98 Å². The number of hydrogen-bond donors (Lipinski definition) is 2. The zero-order valence-corrected chi connectivity index (χ0v) is 16.7. The molecule has 1 aliphatic rings. The molecule has 3 N–H and O–H groups in total. The van der Waals surface area contributed by atoms with Gasteiger partial charge < -0.3 is 20.5 Å². The van der Waals surface area contributed by atoms with Gasteiger partial charge >= 0.3 is 6.18 Å². The molecule has 0 aliphatic carbocycles. The van der Waals surface area contributed by atoms with Crippen LogP contribution in [0.3, 0.4) is 0 Å². The van der Waals surface area contributed by atoms with E-state index in [4.69, 9.17) is 15.2 Å². The zero-order valence-electron chi connectivity index (χ0n) is 16.7. The molecular formula is C20H18F5N3O4. The minimum Gasteiger partial charge on any atom is -0.493 e. The van der Waals surface area contributed by atoms with Crippen LogP contribution in [0.2, 0.25) is 0 Å². The number of primary amides is 1. The summed E-state index contributed by atoms with van der Waals surface area (Å²) in [6.07, 6.45) is -7.74. The van der Waals surface area contributed by atoms with E-state index in [1.165, 1.54) is 19.2 Å². The maximum absolute atomic E-state index is 14.3. The third-order valence-electron chi connectivity index (χ3n) is 5.17. The topological polar surface area (TPSA) is 104 Å². The number of hydrogen-bond acceptors (Lipinski definition) is 5. The van der Waals surface area contributed by atoms with E-state index >= 15 is 0 Å². The van der Waals surface area contributed by atoms with Crippen molar-refractivity contribution in [3.8, 4) is 5.75 Å². The molecule has 7 nitrogen and oxygen atoms in total. The summed E-state index contributed by atoms with van der Waals surface area (Å²) >= 11 is 0. The number of benzene rings is 1. The van der Waals surface area contributed by atoms with E-state index in [1.807, 2.05) is 0 Å². The fourth-order valence-corrected chi connectivity index (χ4v) is 3.75. The number of nitrogens with two attached hydrogens (primary N) is 1. The fraction of sp³-hybridized carbons (Fsp3) is 0.350. The highest BCUT2D eigenvalue weighted by molar-refractivity contribution is 5.97. The molecule has 12 heteroatoms. The molecule has 2 amide bonds. The standard InChI is InChI=1S/C20H18F5N3O4/c1-8-13(10-3-4-11(21)14(22)15(10)31-2)16(32-17(8)20(23,24)25)19(30)28-9-5-6-27-12(7-9)18(26)29/h3-8,13,16-17H,1-2H3,(H2,26,29)(H,27,28,30)/t8-,13-,16+,17?/m0/s1. The largest absolute Gasteiger partial charge is 0.493 e. The monoisotopic (exact) mass is 459 g/mol. The summed E-state index contributed by atoms with van der Waals surface area (Å²) in [4.78, 5) is 27.9. The lowest BCUT2D eigenvalue weighted by atomic mass is 9.81. The predicted octanol–water partition coefficient (Wildman–Crippen LogP) is 3.16. The smallest absolute Gasteiger partial charge is 0.414 e. The molecule has 1 aliphatic heterocycles. The lowest BCUT2D eigenvalue weighted by Crippen LogP contribution is -2.35. The van der Waals surface area contributed by atoms with Crippen molar-refractivity contribution in [1.29, 1.82) is 0 Å². The Hall–Kier alpha value is -3.28. The normalized spacial score (nSPS) is 23.1. The number of amides is 2. The lowest BCUT2D eigenvalue weighted by molar-refractivity contribution is -0.221. The van der Waals surface area contributed by atoms with Crippen molar-refractivity contribution in [3.05, 3.63) is 53.4 Å². The van der Waals surface area contributed by atoms with Gasteiger partial charge in [0.1, 0.15) is 11.8 Å². The van der Waals surface area contributed by atoms with Gasteiger partial charge in [0, 0.05) is 29.3 Å². The molecule has 1 aromatic carbocycles. The molecule has 2 aromatic rings. The predicted molar refractivity (Wildman–Crippen MR) is 101 cm³/mol. The number of halogens is 5. The molecule has 32 heavy (non-hydrogen) atoms. The summed E-state index contributed by atoms with van der Waals surface area (Å²) in [7, 11) is 1.03. The van der Waals surface area contributed by atoms with Crippen LogP contribution in [-0.4, -0.2) is 42.3 Å². The summed E-state index contributed by atoms with van der Waals surface area (Å²) < 4.78 is 78.5. The zero-order chi connectivity index (χ0) is 23.8. The number of pyridine rings is 1. The molecule has 3 rings (SSSR count). The first-order valence-corrected chi connectivity index (χ1v) is 9.26. The summed E-state index contributed by atoms with van der Waals surface area (Å²) in [5.74, 6) is -7.83. The Labute approximate surface area is 178 Å². The number of anilines is 1. The van der Waals surface area contributed by atoms with E-state index in [9.17, 15) is 31.5 Å². The van der Waals surface area contributed by atoms with Gasteiger partial charge in [-0.2, -0.15) is 17.6 Å². The quantitative estimate of drug-likeness (QED) is 0.669. The number of nitrogens with zero attached hydrogens (tertiary/aromatic N) is 1. The number of carbonyl (C=O) groups excluding carboxylic acids is 2. The second-order valence-electron chi connectivity index (χ2n) is 7.17. The number of nitrogens with one attached hydrogen (secondary N) is 1. The van der Waals surface area contributed by atoms with Gasteiger partial charge in [-0.15, -0.1) is 0 Å². The Balaban J connectivity index is 2.02. The lowest BCUT2D eigenvalue weighted by Gasteiger charge is -2.24. The number of carbonyl (C=O) groups is 2. The highest BCUT2D eigenvalue weighted by atomic mass is 19.4. The molecule has 1 unspecified atom stereocenters. The van der Waals surface area contributed by atoms with Crippen LogP contribution in [0.5, 0.6) is 5.75 Å². The van der Waals surface area contributed by atoms with E-state index in [2.05, 4.69) is 10.3 Å². The van der Waals surface area contributed by atoms with Crippen LogP contribution in [0.25, 0.3) is 0 Å². The van der Waals surface area contributed by atoms with E-state index in [-0.39, 0.29) is 16.9 Å². The van der Waals surface area contributed by atoms with E-state index < -0.39 is 59.4 Å². The molecule has 0 saturated carbocycles. The second-order valence-corrected chi connectivity index (χ2v) is 7.17. The van der Waals surface area contributed by atoms with Crippen LogP contribution in [0, 0.1) is 17.6 Å². The van der Waals surface area contributed by atoms with Crippen LogP contribution in [-0.2, 0) is 9.53 Å². The number of alkyl halides is 3. The van der Waals surface area contributed by atoms with Gasteiger partial charge in [-0.05, 0) is 18.2 Å². The maximum atomic E-state index is 14.3. The molecule has 172 valence electrons. The van der Waals surface area contributed by atoms with Gasteiger partial charge in [-0.25, -0.2) is 4.39 Å². The first-order valence-electron chi connectivity index (χ1n) is 9.26. The van der Waals surface area contributed by atoms with Gasteiger partial charge in [-0.3, -0.25) is 14.6 Å². The van der Waals surface area contributed by atoms with Crippen LogP contribution in [0.1, 0.15) is 28.9 Å². The van der Waals surface area contributed by atoms with Crippen molar-refractivity contribution in [2.24, 2.45) is 11.7 Å². The Bertz CT molecular complexity index is 1050. The summed E-state index contributed by atoms with van der Waals surface area (Å²) in [5.41, 5.74) is 4.82. The third-order valence-corrected chi connectivity index (χ3v) is 5.17. The summed E-state index contributed by atoms with van der Waals surface area (Å²) in [6.45, 7) is 1.19. The minimum absolute atomic E-state index is 0.0292. The van der Waals surface area contributed by atoms with Crippen LogP contribution in [0.4, 0.5) is 27.6 Å². The number of aromatic nitrogens is 1. The van der Waals surface area contributed by atoms with Gasteiger partial charge in [0.2, 0.25) is 5.82 Å². The summed E-state index contributed by atoms with van der Waals surface area (Å²) in [6, 6.07) is 4.21. The van der Waals surface area contributed by atoms with Crippen molar-refractivity contribution in [3.63, 3.8) is 0 Å². The van der Waals surface area contributed by atoms with E-state index in [1.54, 1.807) is 0 Å². The Morgan fingerprint density at radius 3 is 2.50 bits per heavy atom. The van der Waals surface area contributed by atoms with Crippen LogP contribution < -0.4 is 15.8 Å². The molecular weight excluding hydrogens is 441 g/mol. The first-order chi connectivity index (χ1) is 15.0. The number of rotatable bonds is 5. The minimum atomic E-state index is -4.83. The Morgan fingerprint density at radius 2 is 1.91 bits per heavy atom. The highest BCUT2D eigenvalue weighted by Crippen LogP contribution is 2.49. The van der Waals surface area contributed by atoms with Gasteiger partial charge in [-0.1, -0.05) is 13.0 Å². The molecule has 2 heterocycles. The number of methoxy groups -OCH3 is 1. The molecule has 1 fully saturated rings. The first kappa shape index (κ1) is 23.4. The molecule has 4 atom stereocenters. The molecule has 1 saturated heterocycles. The van der Waals surface area contributed by atoms with E-state index in [0.29, 0.717) is 0 Å². The third kappa shape index (κ3) is 4.35. The van der Waals surface area contributed by atoms with E-state index in [0.717, 1.165) is 25.3 Å². The van der Waals surface area contributed by atoms with Crippen molar-refractivity contribution in [2.45, 2.75) is 31.2 Å². The molecule has 0 bridgehead atoms. The van der Waals surface area contributed by atoms with Crippen LogP contribution >= 0.6 is 0 Å². The maximum Gasteiger partial charge on any atom is 0.414 e. The van der Waals surface area contributed by atoms with Gasteiger partial charge in [0.25, 0.3) is 11.8 Å². The van der Waals surface area contributed by atoms with Crippen molar-refractivity contribution < 1.29 is 41.0 Å². The fourth-order valence-electron chi connectivity index (χ4n) is 3.75. The Morgan fingerprint density at radius 1 is 1.22 bits per heavy atom. The number of ether oxygens (including phenoxy) is 2. The van der Waals surface area contributed by atoms with Crippen molar-refractivity contribution in [2.75, 3.05) is 12.4 Å². The van der Waals surface area contributed by atoms with Crippen LogP contribution in [0.15, 0.2) is 30.5 Å². The molecule has 0 radical (unpaired) electrons. The molecule has 1 aromatic heterocycles. The van der Waals surface area contributed by atoms with Gasteiger partial charge in [0.15, 0.2) is 17.7 Å². The summed E-state index contributed by atoms with van der Waals surface area (Å²) in [5, 5.41) is 2.35. The second kappa shape index (κ2) is 8.69. The molecule has 0 spiro atoms.